The minimum absolute atomic E-state index is 0.00776. The lowest BCUT2D eigenvalue weighted by Crippen LogP contribution is -2.50. The predicted octanol–water partition coefficient (Wildman–Crippen LogP) is 5.32. The van der Waals surface area contributed by atoms with Crippen molar-refractivity contribution in [2.45, 2.75) is 96.7 Å². The number of aryl methyl sites for hydroxylation is 2. The molecule has 2 saturated carbocycles. The van der Waals surface area contributed by atoms with Gasteiger partial charge in [-0.25, -0.2) is 4.79 Å². The number of urea groups is 1. The van der Waals surface area contributed by atoms with E-state index in [4.69, 9.17) is 0 Å². The van der Waals surface area contributed by atoms with Crippen molar-refractivity contribution in [1.29, 1.82) is 0 Å². The van der Waals surface area contributed by atoms with Crippen LogP contribution in [-0.2, 0) is 6.54 Å². The summed E-state index contributed by atoms with van der Waals surface area (Å²) in [6.45, 7) is 4.52. The normalized spacial score (nSPS) is 18.5. The van der Waals surface area contributed by atoms with E-state index in [9.17, 15) is 9.59 Å². The molecule has 0 aliphatic heterocycles. The van der Waals surface area contributed by atoms with Gasteiger partial charge < -0.3 is 15.2 Å². The van der Waals surface area contributed by atoms with Crippen molar-refractivity contribution >= 4 is 16.9 Å². The summed E-state index contributed by atoms with van der Waals surface area (Å²) in [7, 11) is 0. The van der Waals surface area contributed by atoms with E-state index in [1.165, 1.54) is 36.8 Å². The van der Waals surface area contributed by atoms with Gasteiger partial charge in [-0.05, 0) is 74.2 Å². The van der Waals surface area contributed by atoms with Gasteiger partial charge in [0.1, 0.15) is 0 Å². The molecule has 0 radical (unpaired) electrons. The molecule has 30 heavy (non-hydrogen) atoms. The summed E-state index contributed by atoms with van der Waals surface area (Å²) >= 11 is 0. The molecule has 0 spiro atoms. The van der Waals surface area contributed by atoms with Crippen molar-refractivity contribution < 1.29 is 4.79 Å². The van der Waals surface area contributed by atoms with Gasteiger partial charge in [-0.3, -0.25) is 4.79 Å². The minimum atomic E-state index is -0.0861. The highest BCUT2D eigenvalue weighted by atomic mass is 16.2. The van der Waals surface area contributed by atoms with E-state index < -0.39 is 0 Å². The second kappa shape index (κ2) is 9.23. The van der Waals surface area contributed by atoms with Crippen LogP contribution in [0.5, 0.6) is 0 Å². The zero-order valence-electron chi connectivity index (χ0n) is 18.4. The third-order valence-electron chi connectivity index (χ3n) is 7.09. The van der Waals surface area contributed by atoms with E-state index in [-0.39, 0.29) is 23.7 Å². The standard InChI is InChI=1S/C25H35N3O2/c1-17-13-19-15-20(24(29)27-23(19)14-18(17)2)16-28(22-11-7-4-8-12-22)25(30)26-21-9-5-3-6-10-21/h13-15,21-22H,3-12,16H2,1-2H3,(H,26,30)(H,27,29). The van der Waals surface area contributed by atoms with Crippen LogP contribution in [-0.4, -0.2) is 28.0 Å². The van der Waals surface area contributed by atoms with Crippen LogP contribution in [0, 0.1) is 13.8 Å². The molecule has 1 heterocycles. The first-order chi connectivity index (χ1) is 14.5. The number of carbonyl (C=O) groups is 1. The summed E-state index contributed by atoms with van der Waals surface area (Å²) in [5.74, 6) is 0. The number of aromatic nitrogens is 1. The number of fused-ring (bicyclic) bond motifs is 1. The Bertz CT molecular complexity index is 953. The Kier molecular flexibility index (Phi) is 6.45. The van der Waals surface area contributed by atoms with Gasteiger partial charge in [-0.2, -0.15) is 0 Å². The Morgan fingerprint density at radius 2 is 1.60 bits per heavy atom. The van der Waals surface area contributed by atoms with Crippen LogP contribution >= 0.6 is 0 Å². The zero-order valence-corrected chi connectivity index (χ0v) is 18.4. The van der Waals surface area contributed by atoms with Gasteiger partial charge in [0.2, 0.25) is 0 Å². The summed E-state index contributed by atoms with van der Waals surface area (Å²) in [4.78, 5) is 31.1. The van der Waals surface area contributed by atoms with Crippen molar-refractivity contribution in [3.63, 3.8) is 0 Å². The Morgan fingerprint density at radius 3 is 2.30 bits per heavy atom. The Balaban J connectivity index is 1.60. The molecule has 0 saturated heterocycles. The first-order valence-corrected chi connectivity index (χ1v) is 11.7. The molecule has 1 aromatic heterocycles. The molecule has 162 valence electrons. The van der Waals surface area contributed by atoms with E-state index in [0.29, 0.717) is 12.1 Å². The largest absolute Gasteiger partial charge is 0.335 e. The van der Waals surface area contributed by atoms with Gasteiger partial charge in [0.15, 0.2) is 0 Å². The quantitative estimate of drug-likeness (QED) is 0.717. The van der Waals surface area contributed by atoms with E-state index in [2.05, 4.69) is 30.2 Å². The summed E-state index contributed by atoms with van der Waals surface area (Å²) in [5.41, 5.74) is 3.83. The molecule has 0 unspecified atom stereocenters. The van der Waals surface area contributed by atoms with Crippen molar-refractivity contribution in [2.24, 2.45) is 0 Å². The number of nitrogens with one attached hydrogen (secondary N) is 2. The third kappa shape index (κ3) is 4.71. The Morgan fingerprint density at radius 1 is 0.967 bits per heavy atom. The molecular weight excluding hydrogens is 374 g/mol. The number of amides is 2. The number of pyridine rings is 1. The first-order valence-electron chi connectivity index (χ1n) is 11.7. The topological polar surface area (TPSA) is 65.2 Å². The fourth-order valence-electron chi connectivity index (χ4n) is 5.09. The maximum atomic E-state index is 13.3. The smallest absolute Gasteiger partial charge is 0.318 e. The van der Waals surface area contributed by atoms with Crippen LogP contribution in [0.15, 0.2) is 23.0 Å². The zero-order chi connectivity index (χ0) is 21.1. The molecule has 2 fully saturated rings. The lowest BCUT2D eigenvalue weighted by molar-refractivity contribution is 0.145. The summed E-state index contributed by atoms with van der Waals surface area (Å²) < 4.78 is 0. The highest BCUT2D eigenvalue weighted by molar-refractivity contribution is 5.81. The predicted molar refractivity (Wildman–Crippen MR) is 122 cm³/mol. The van der Waals surface area contributed by atoms with Gasteiger partial charge in [0, 0.05) is 23.2 Å². The van der Waals surface area contributed by atoms with Gasteiger partial charge in [-0.15, -0.1) is 0 Å². The van der Waals surface area contributed by atoms with E-state index in [1.54, 1.807) is 0 Å². The minimum Gasteiger partial charge on any atom is -0.335 e. The molecule has 2 aliphatic carbocycles. The van der Waals surface area contributed by atoms with Gasteiger partial charge in [0.05, 0.1) is 6.54 Å². The number of rotatable bonds is 4. The van der Waals surface area contributed by atoms with Crippen molar-refractivity contribution in [3.05, 3.63) is 45.2 Å². The summed E-state index contributed by atoms with van der Waals surface area (Å²) in [5, 5.41) is 4.32. The van der Waals surface area contributed by atoms with Crippen LogP contribution in [0.2, 0.25) is 0 Å². The molecule has 5 nitrogen and oxygen atoms in total. The number of benzene rings is 1. The maximum absolute atomic E-state index is 13.3. The Hall–Kier alpha value is -2.30. The van der Waals surface area contributed by atoms with Crippen molar-refractivity contribution in [2.75, 3.05) is 0 Å². The molecule has 4 rings (SSSR count). The van der Waals surface area contributed by atoms with E-state index in [0.717, 1.165) is 49.4 Å². The second-order valence-electron chi connectivity index (χ2n) is 9.35. The molecule has 0 atom stereocenters. The molecular formula is C25H35N3O2. The summed E-state index contributed by atoms with van der Waals surface area (Å²) in [6.07, 6.45) is 11.4. The van der Waals surface area contributed by atoms with Crippen LogP contribution in [0.25, 0.3) is 10.9 Å². The van der Waals surface area contributed by atoms with Crippen LogP contribution < -0.4 is 10.9 Å². The number of hydrogen-bond donors (Lipinski definition) is 2. The second-order valence-corrected chi connectivity index (χ2v) is 9.35. The van der Waals surface area contributed by atoms with E-state index in [1.807, 2.05) is 17.0 Å². The molecule has 2 N–H and O–H groups in total. The van der Waals surface area contributed by atoms with Crippen molar-refractivity contribution in [3.8, 4) is 0 Å². The number of H-pyrrole nitrogens is 1. The van der Waals surface area contributed by atoms with Crippen LogP contribution in [0.1, 0.15) is 80.9 Å². The fraction of sp³-hybridized carbons (Fsp3) is 0.600. The van der Waals surface area contributed by atoms with Gasteiger partial charge >= 0.3 is 6.03 Å². The third-order valence-corrected chi connectivity index (χ3v) is 7.09. The lowest BCUT2D eigenvalue weighted by atomic mass is 9.93. The van der Waals surface area contributed by atoms with Crippen molar-refractivity contribution in [1.82, 2.24) is 15.2 Å². The lowest BCUT2D eigenvalue weighted by Gasteiger charge is -2.36. The molecule has 2 aromatic rings. The average Bonchev–Trinajstić information content (AvgIpc) is 2.75. The SMILES string of the molecule is Cc1cc2cc(CN(C(=O)NC3CCCCC3)C3CCCCC3)c(=O)[nH]c2cc1C. The molecule has 0 bridgehead atoms. The molecule has 5 heteroatoms. The van der Waals surface area contributed by atoms with Crippen LogP contribution in [0.4, 0.5) is 4.79 Å². The average molecular weight is 410 g/mol. The number of hydrogen-bond acceptors (Lipinski definition) is 2. The Labute approximate surface area is 179 Å². The van der Waals surface area contributed by atoms with Gasteiger partial charge in [-0.1, -0.05) is 38.5 Å². The van der Waals surface area contributed by atoms with Crippen LogP contribution in [0.3, 0.4) is 0 Å². The monoisotopic (exact) mass is 409 g/mol. The summed E-state index contributed by atoms with van der Waals surface area (Å²) in [6, 6.07) is 6.63. The number of carbonyl (C=O) groups excluding carboxylic acids is 1. The van der Waals surface area contributed by atoms with E-state index >= 15 is 0 Å². The van der Waals surface area contributed by atoms with Gasteiger partial charge in [0.25, 0.3) is 5.56 Å². The number of nitrogens with zero attached hydrogens (tertiary/aromatic N) is 1. The molecule has 2 aliphatic rings. The highest BCUT2D eigenvalue weighted by Gasteiger charge is 2.28. The first kappa shape index (κ1) is 21.0. The molecule has 1 aromatic carbocycles. The fourth-order valence-corrected chi connectivity index (χ4v) is 5.09. The molecule has 2 amide bonds. The number of aromatic amines is 1. The maximum Gasteiger partial charge on any atom is 0.318 e. The highest BCUT2D eigenvalue weighted by Crippen LogP contribution is 2.26.